The lowest BCUT2D eigenvalue weighted by atomic mass is 9.86. The number of rotatable bonds is 10. The third-order valence-corrected chi connectivity index (χ3v) is 8.40. The Morgan fingerprint density at radius 3 is 2.28 bits per heavy atom. The van der Waals surface area contributed by atoms with Crippen LogP contribution in [0.15, 0.2) is 91.0 Å². The van der Waals surface area contributed by atoms with Crippen molar-refractivity contribution in [1.29, 1.82) is 0 Å². The maximum Gasteiger partial charge on any atom is 0.533 e. The number of nitrogens with zero attached hydrogens (tertiary/aromatic N) is 1. The number of likely N-dealkylation sites (tertiary alicyclic amines) is 1. The predicted molar refractivity (Wildman–Crippen MR) is 142 cm³/mol. The first kappa shape index (κ1) is 26.0. The van der Waals surface area contributed by atoms with Gasteiger partial charge in [-0.25, -0.2) is 9.69 Å². The van der Waals surface area contributed by atoms with Crippen molar-refractivity contribution in [2.24, 2.45) is 0 Å². The Hall–Kier alpha value is -3.05. The minimum absolute atomic E-state index is 0.151. The van der Waals surface area contributed by atoms with Crippen molar-refractivity contribution in [3.05, 3.63) is 108 Å². The van der Waals surface area contributed by atoms with Crippen LogP contribution in [0, 0.1) is 0 Å². The lowest BCUT2D eigenvalue weighted by molar-refractivity contribution is 0.124. The number of carbonyl (C=O) groups is 1. The molecule has 4 atom stereocenters. The molecule has 1 fully saturated rings. The quantitative estimate of drug-likeness (QED) is 0.323. The van der Waals surface area contributed by atoms with E-state index in [0.29, 0.717) is 13.1 Å². The van der Waals surface area contributed by atoms with Crippen molar-refractivity contribution in [3.8, 4) is 0 Å². The summed E-state index contributed by atoms with van der Waals surface area (Å²) in [5.74, 6) is -0.151. The van der Waals surface area contributed by atoms with E-state index >= 15 is 0 Å². The predicted octanol–water partition coefficient (Wildman–Crippen LogP) is 6.16. The molecule has 3 aromatic carbocycles. The molecule has 0 aliphatic carbocycles. The van der Waals surface area contributed by atoms with Gasteiger partial charge in [0.05, 0.1) is 5.92 Å². The number of hydrogen-bond donors (Lipinski definition) is 2. The second-order valence-electron chi connectivity index (χ2n) is 9.25. The Kier molecular flexibility index (Phi) is 8.87. The summed E-state index contributed by atoms with van der Waals surface area (Å²) >= 11 is 0. The monoisotopic (exact) mass is 505 g/mol. The summed E-state index contributed by atoms with van der Waals surface area (Å²) in [5, 5.41) is 1.93. The van der Waals surface area contributed by atoms with Gasteiger partial charge in [0.1, 0.15) is 6.61 Å². The molecule has 7 heteroatoms. The maximum absolute atomic E-state index is 13.3. The molecule has 0 bridgehead atoms. The molecule has 0 radical (unpaired) electrons. The summed E-state index contributed by atoms with van der Waals surface area (Å²) in [6.07, 6.45) is 1.87. The molecule has 0 spiro atoms. The van der Waals surface area contributed by atoms with E-state index in [1.165, 1.54) is 0 Å². The first-order valence-electron chi connectivity index (χ1n) is 12.5. The van der Waals surface area contributed by atoms with Gasteiger partial charge in [-0.2, -0.15) is 4.89 Å². The largest absolute Gasteiger partial charge is 0.533 e. The molecule has 6 nitrogen and oxygen atoms in total. The highest BCUT2D eigenvalue weighted by atomic mass is 31.1. The van der Waals surface area contributed by atoms with Crippen LogP contribution >= 0.6 is 8.03 Å². The highest BCUT2D eigenvalue weighted by Crippen LogP contribution is 2.60. The van der Waals surface area contributed by atoms with Crippen LogP contribution in [-0.4, -0.2) is 35.0 Å². The fraction of sp³-hybridized carbons (Fsp3) is 0.345. The van der Waals surface area contributed by atoms with Gasteiger partial charge >= 0.3 is 14.1 Å². The van der Waals surface area contributed by atoms with Crippen molar-refractivity contribution in [1.82, 2.24) is 10.2 Å². The molecule has 1 saturated heterocycles. The average Bonchev–Trinajstić information content (AvgIpc) is 3.29. The Morgan fingerprint density at radius 1 is 1.06 bits per heavy atom. The minimum Gasteiger partial charge on any atom is -0.445 e. The molecular formula is C29H34N2O4P+. The number of carbonyl (C=O) groups excluding carboxylic acids is 1. The van der Waals surface area contributed by atoms with E-state index in [9.17, 15) is 14.3 Å². The molecule has 3 unspecified atom stereocenters. The third-order valence-electron chi connectivity index (χ3n) is 6.96. The molecule has 0 aromatic heterocycles. The van der Waals surface area contributed by atoms with Gasteiger partial charge in [-0.1, -0.05) is 104 Å². The molecule has 1 aliphatic heterocycles. The van der Waals surface area contributed by atoms with E-state index in [1.54, 1.807) is 0 Å². The van der Waals surface area contributed by atoms with Gasteiger partial charge in [-0.3, -0.25) is 0 Å². The SMILES string of the molecule is CCC[C@@H](CN1CCC(c2ccccc2)C1(c1ccccc1)[P+](=O)O)NC(=O)OCc1ccccc1. The molecule has 36 heavy (non-hydrogen) atoms. The van der Waals surface area contributed by atoms with Gasteiger partial charge in [0.15, 0.2) is 0 Å². The lowest BCUT2D eigenvalue weighted by Gasteiger charge is -2.34. The fourth-order valence-corrected chi connectivity index (χ4v) is 6.72. The highest BCUT2D eigenvalue weighted by Gasteiger charge is 2.65. The van der Waals surface area contributed by atoms with Crippen LogP contribution in [0.1, 0.15) is 48.8 Å². The normalized spacial score (nSPS) is 21.1. The van der Waals surface area contributed by atoms with Crippen LogP contribution < -0.4 is 5.32 Å². The van der Waals surface area contributed by atoms with Crippen LogP contribution in [0.2, 0.25) is 0 Å². The zero-order chi connectivity index (χ0) is 25.4. The lowest BCUT2D eigenvalue weighted by Crippen LogP contribution is -2.49. The van der Waals surface area contributed by atoms with E-state index in [0.717, 1.165) is 36.0 Å². The second-order valence-corrected chi connectivity index (χ2v) is 10.5. The Labute approximate surface area is 214 Å². The molecule has 3 aromatic rings. The van der Waals surface area contributed by atoms with Crippen LogP contribution in [0.25, 0.3) is 0 Å². The van der Waals surface area contributed by atoms with Gasteiger partial charge in [0, 0.05) is 24.7 Å². The number of alkyl carbamates (subject to hydrolysis) is 1. The minimum atomic E-state index is -2.63. The van der Waals surface area contributed by atoms with Crippen LogP contribution in [0.4, 0.5) is 4.79 Å². The molecule has 2 N–H and O–H groups in total. The number of hydrogen-bond acceptors (Lipinski definition) is 4. The van der Waals surface area contributed by atoms with Crippen molar-refractivity contribution in [3.63, 3.8) is 0 Å². The summed E-state index contributed by atoms with van der Waals surface area (Å²) in [7, 11) is -2.63. The maximum atomic E-state index is 13.3. The Bertz CT molecular complexity index is 1130. The van der Waals surface area contributed by atoms with Crippen molar-refractivity contribution in [2.45, 2.75) is 50.0 Å². The van der Waals surface area contributed by atoms with E-state index in [4.69, 9.17) is 4.74 Å². The van der Waals surface area contributed by atoms with Gasteiger partial charge in [-0.05, 0) is 28.5 Å². The van der Waals surface area contributed by atoms with Gasteiger partial charge in [0.25, 0.3) is 5.28 Å². The van der Waals surface area contributed by atoms with Gasteiger partial charge < -0.3 is 10.1 Å². The fourth-order valence-electron chi connectivity index (χ4n) is 5.38. The standard InChI is InChI=1S/C29H33N2O4P/c1-2-12-26(30-28(32)35-22-23-13-6-3-7-14-23)21-31-20-19-27(24-15-8-4-9-16-24)29(31,36(33)34)25-17-10-5-11-18-25/h3-11,13-18,26-27H,2,12,19-22H2,1H3,(H-,30,32,33,34)/p+1/t26-,27?,29?/m0/s1. The number of benzene rings is 3. The van der Waals surface area contributed by atoms with Gasteiger partial charge in [-0.15, -0.1) is 0 Å². The molecule has 1 amide bonds. The summed E-state index contributed by atoms with van der Waals surface area (Å²) in [5.41, 5.74) is 2.79. The van der Waals surface area contributed by atoms with Gasteiger partial charge in [0.2, 0.25) is 0 Å². The van der Waals surface area contributed by atoms with E-state index < -0.39 is 19.4 Å². The van der Waals surface area contributed by atoms with E-state index in [-0.39, 0.29) is 18.6 Å². The van der Waals surface area contributed by atoms with Crippen LogP contribution in [0.5, 0.6) is 0 Å². The molecule has 1 aliphatic rings. The number of nitrogens with one attached hydrogen (secondary N) is 1. The highest BCUT2D eigenvalue weighted by molar-refractivity contribution is 7.39. The first-order chi connectivity index (χ1) is 17.6. The van der Waals surface area contributed by atoms with Crippen molar-refractivity contribution in [2.75, 3.05) is 13.1 Å². The summed E-state index contributed by atoms with van der Waals surface area (Å²) in [6, 6.07) is 29.0. The van der Waals surface area contributed by atoms with Crippen LogP contribution in [-0.2, 0) is 21.2 Å². The second kappa shape index (κ2) is 12.3. The number of ether oxygens (including phenoxy) is 1. The van der Waals surface area contributed by atoms with Crippen molar-refractivity contribution < 1.29 is 19.0 Å². The zero-order valence-corrected chi connectivity index (χ0v) is 21.5. The molecular weight excluding hydrogens is 471 g/mol. The smallest absolute Gasteiger partial charge is 0.445 e. The van der Waals surface area contributed by atoms with E-state index in [1.807, 2.05) is 91.0 Å². The first-order valence-corrected chi connectivity index (χ1v) is 13.8. The average molecular weight is 506 g/mol. The molecule has 0 saturated carbocycles. The van der Waals surface area contributed by atoms with E-state index in [2.05, 4.69) is 17.1 Å². The van der Waals surface area contributed by atoms with Crippen LogP contribution in [0.3, 0.4) is 0 Å². The summed E-state index contributed by atoms with van der Waals surface area (Å²) in [6.45, 7) is 3.37. The molecule has 1 heterocycles. The summed E-state index contributed by atoms with van der Waals surface area (Å²) in [4.78, 5) is 25.7. The molecule has 4 rings (SSSR count). The molecule has 188 valence electrons. The van der Waals surface area contributed by atoms with Crippen molar-refractivity contribution >= 4 is 14.1 Å². The Balaban J connectivity index is 1.58. The third kappa shape index (κ3) is 5.67. The number of amides is 1. The summed E-state index contributed by atoms with van der Waals surface area (Å²) < 4.78 is 18.8. The topological polar surface area (TPSA) is 78.9 Å². The zero-order valence-electron chi connectivity index (χ0n) is 20.6. The Morgan fingerprint density at radius 2 is 1.67 bits per heavy atom.